The Labute approximate surface area is 224 Å². The summed E-state index contributed by atoms with van der Waals surface area (Å²) in [4.78, 5) is 0. The quantitative estimate of drug-likeness (QED) is 0.162. The maximum atomic E-state index is 11.4. The van der Waals surface area contributed by atoms with Gasteiger partial charge in [-0.25, -0.2) is 8.42 Å². The maximum Gasteiger partial charge on any atom is 1.00 e. The SMILES string of the molecule is CCCCCCCCCCCCCCC(O)CC(CCCCCC)S(=O)(=O)[O-].[K+]. The van der Waals surface area contributed by atoms with Gasteiger partial charge in [0, 0.05) is 0 Å². The summed E-state index contributed by atoms with van der Waals surface area (Å²) in [7, 11) is -4.31. The fourth-order valence-corrected chi connectivity index (χ4v) is 4.73. The molecule has 0 aromatic rings. The fraction of sp³-hybridized carbons (Fsp3) is 1.00. The minimum absolute atomic E-state index is 0. The van der Waals surface area contributed by atoms with Gasteiger partial charge in [-0.1, -0.05) is 117 Å². The molecule has 0 spiro atoms. The second kappa shape index (κ2) is 22.7. The fourth-order valence-electron chi connectivity index (χ4n) is 3.82. The Morgan fingerprint density at radius 3 is 1.41 bits per heavy atom. The molecule has 0 saturated heterocycles. The average Bonchev–Trinajstić information content (AvgIpc) is 2.64. The van der Waals surface area contributed by atoms with E-state index >= 15 is 0 Å². The molecule has 0 radical (unpaired) electrons. The van der Waals surface area contributed by atoms with E-state index in [1.165, 1.54) is 64.2 Å². The van der Waals surface area contributed by atoms with Crippen molar-refractivity contribution < 1.29 is 69.5 Å². The molecule has 2 unspecified atom stereocenters. The Kier molecular flexibility index (Phi) is 25.6. The summed E-state index contributed by atoms with van der Waals surface area (Å²) < 4.78 is 34.3. The summed E-state index contributed by atoms with van der Waals surface area (Å²) in [6, 6.07) is 0. The van der Waals surface area contributed by atoms with Crippen LogP contribution < -0.4 is 51.4 Å². The van der Waals surface area contributed by atoms with Crippen LogP contribution in [0.2, 0.25) is 0 Å². The van der Waals surface area contributed by atoms with Crippen molar-refractivity contribution >= 4 is 10.1 Å². The van der Waals surface area contributed by atoms with E-state index in [1.807, 2.05) is 0 Å². The number of rotatable bonds is 21. The molecule has 0 aromatic carbocycles. The van der Waals surface area contributed by atoms with Gasteiger partial charge in [0.15, 0.2) is 0 Å². The summed E-state index contributed by atoms with van der Waals surface area (Å²) in [5.41, 5.74) is 0. The second-order valence-electron chi connectivity index (χ2n) is 8.53. The molecule has 170 valence electrons. The van der Waals surface area contributed by atoms with Crippen molar-refractivity contribution in [1.82, 2.24) is 0 Å². The first kappa shape index (κ1) is 32.7. The maximum absolute atomic E-state index is 11.4. The van der Waals surface area contributed by atoms with Crippen molar-refractivity contribution in [1.29, 1.82) is 0 Å². The van der Waals surface area contributed by atoms with E-state index in [1.54, 1.807) is 0 Å². The van der Waals surface area contributed by atoms with Crippen LogP contribution in [0.5, 0.6) is 0 Å². The third kappa shape index (κ3) is 22.5. The first-order valence-electron chi connectivity index (χ1n) is 12.0. The van der Waals surface area contributed by atoms with Gasteiger partial charge in [-0.05, 0) is 19.3 Å². The van der Waals surface area contributed by atoms with E-state index in [2.05, 4.69) is 13.8 Å². The zero-order valence-electron chi connectivity index (χ0n) is 19.7. The van der Waals surface area contributed by atoms with Gasteiger partial charge in [-0.2, -0.15) is 0 Å². The largest absolute Gasteiger partial charge is 1.00 e. The van der Waals surface area contributed by atoms with Gasteiger partial charge in [0.1, 0.15) is 0 Å². The van der Waals surface area contributed by atoms with Crippen molar-refractivity contribution in [3.8, 4) is 0 Å². The molecule has 0 aliphatic heterocycles. The minimum atomic E-state index is -4.31. The van der Waals surface area contributed by atoms with Crippen molar-refractivity contribution in [2.45, 2.75) is 147 Å². The molecule has 6 heteroatoms. The molecule has 0 aliphatic carbocycles. The van der Waals surface area contributed by atoms with Gasteiger partial charge < -0.3 is 9.66 Å². The van der Waals surface area contributed by atoms with Crippen LogP contribution in [-0.4, -0.2) is 29.4 Å². The van der Waals surface area contributed by atoms with Gasteiger partial charge in [0.05, 0.1) is 21.5 Å². The molecule has 29 heavy (non-hydrogen) atoms. The molecular weight excluding hydrogens is 411 g/mol. The molecule has 0 amide bonds. The molecule has 0 fully saturated rings. The van der Waals surface area contributed by atoms with Crippen LogP contribution in [0.1, 0.15) is 136 Å². The predicted octanol–water partition coefficient (Wildman–Crippen LogP) is 3.72. The predicted molar refractivity (Wildman–Crippen MR) is 119 cm³/mol. The van der Waals surface area contributed by atoms with E-state index in [0.717, 1.165) is 38.5 Å². The third-order valence-corrected chi connectivity index (χ3v) is 6.96. The summed E-state index contributed by atoms with van der Waals surface area (Å²) >= 11 is 0. The zero-order chi connectivity index (χ0) is 21.1. The molecule has 4 nitrogen and oxygen atoms in total. The van der Waals surface area contributed by atoms with Crippen LogP contribution in [0.3, 0.4) is 0 Å². The number of unbranched alkanes of at least 4 members (excludes halogenated alkanes) is 14. The topological polar surface area (TPSA) is 77.4 Å². The van der Waals surface area contributed by atoms with E-state index in [9.17, 15) is 18.1 Å². The van der Waals surface area contributed by atoms with Crippen LogP contribution >= 0.6 is 0 Å². The van der Waals surface area contributed by atoms with Crippen LogP contribution in [0, 0.1) is 0 Å². The van der Waals surface area contributed by atoms with Gasteiger partial charge in [0.25, 0.3) is 0 Å². The van der Waals surface area contributed by atoms with Crippen molar-refractivity contribution in [2.24, 2.45) is 0 Å². The molecule has 1 N–H and O–H groups in total. The van der Waals surface area contributed by atoms with E-state index < -0.39 is 21.5 Å². The van der Waals surface area contributed by atoms with Crippen molar-refractivity contribution in [3.63, 3.8) is 0 Å². The zero-order valence-corrected chi connectivity index (χ0v) is 23.6. The van der Waals surface area contributed by atoms with Crippen LogP contribution in [0.25, 0.3) is 0 Å². The summed E-state index contributed by atoms with van der Waals surface area (Å²) in [6.07, 6.45) is 19.5. The van der Waals surface area contributed by atoms with E-state index in [-0.39, 0.29) is 57.8 Å². The minimum Gasteiger partial charge on any atom is -0.748 e. The van der Waals surface area contributed by atoms with Gasteiger partial charge in [-0.15, -0.1) is 0 Å². The van der Waals surface area contributed by atoms with Crippen LogP contribution in [-0.2, 0) is 10.1 Å². The Bertz CT molecular complexity index is 429. The Hall–Kier alpha value is 1.51. The van der Waals surface area contributed by atoms with Crippen LogP contribution in [0.15, 0.2) is 0 Å². The Morgan fingerprint density at radius 1 is 0.655 bits per heavy atom. The third-order valence-electron chi connectivity index (χ3n) is 5.71. The molecule has 0 aromatic heterocycles. The number of aliphatic hydroxyl groups excluding tert-OH is 1. The van der Waals surface area contributed by atoms with Crippen LogP contribution in [0.4, 0.5) is 0 Å². The number of hydrogen-bond donors (Lipinski definition) is 1. The number of aliphatic hydroxyl groups is 1. The first-order valence-corrected chi connectivity index (χ1v) is 13.5. The molecule has 0 aliphatic rings. The molecule has 0 saturated carbocycles. The Balaban J connectivity index is 0. The summed E-state index contributed by atoms with van der Waals surface area (Å²) in [6.45, 7) is 4.35. The molecule has 0 heterocycles. The van der Waals surface area contributed by atoms with Crippen molar-refractivity contribution in [2.75, 3.05) is 0 Å². The molecule has 0 rings (SSSR count). The monoisotopic (exact) mass is 458 g/mol. The Morgan fingerprint density at radius 2 is 1.00 bits per heavy atom. The molecular formula is C23H47KO4S. The molecule has 2 atom stereocenters. The smallest absolute Gasteiger partial charge is 0.748 e. The van der Waals surface area contributed by atoms with Gasteiger partial charge >= 0.3 is 51.4 Å². The van der Waals surface area contributed by atoms with E-state index in [4.69, 9.17) is 0 Å². The normalized spacial score (nSPS) is 13.8. The van der Waals surface area contributed by atoms with Gasteiger partial charge in [0.2, 0.25) is 0 Å². The number of hydrogen-bond acceptors (Lipinski definition) is 4. The standard InChI is InChI=1S/C23H48O4S.K/c1-3-5-7-9-10-11-12-13-14-15-16-17-19-22(24)21-23(28(25,26)27)20-18-8-6-4-2;/h22-24H,3-21H2,1-2H3,(H,25,26,27);/q;+1/p-1. The molecule has 0 bridgehead atoms. The average molecular weight is 459 g/mol. The first-order chi connectivity index (χ1) is 13.4. The van der Waals surface area contributed by atoms with Crippen molar-refractivity contribution in [3.05, 3.63) is 0 Å². The summed E-state index contributed by atoms with van der Waals surface area (Å²) in [5, 5.41) is 9.22. The van der Waals surface area contributed by atoms with E-state index in [0.29, 0.717) is 12.8 Å². The second-order valence-corrected chi connectivity index (χ2v) is 10.2. The van der Waals surface area contributed by atoms with Gasteiger partial charge in [-0.3, -0.25) is 0 Å². The summed E-state index contributed by atoms with van der Waals surface area (Å²) in [5.74, 6) is 0.